The highest BCUT2D eigenvalue weighted by Crippen LogP contribution is 2.20. The van der Waals surface area contributed by atoms with Gasteiger partial charge in [0.2, 0.25) is 0 Å². The Morgan fingerprint density at radius 3 is 1.81 bits per heavy atom. The van der Waals surface area contributed by atoms with Crippen molar-refractivity contribution in [1.29, 1.82) is 0 Å². The van der Waals surface area contributed by atoms with Gasteiger partial charge in [0, 0.05) is 6.92 Å². The number of benzene rings is 1. The minimum absolute atomic E-state index is 0.0887. The van der Waals surface area contributed by atoms with Crippen LogP contribution in [0, 0.1) is 10.1 Å². The molecule has 0 aliphatic carbocycles. The van der Waals surface area contributed by atoms with Crippen LogP contribution >= 0.6 is 0 Å². The van der Waals surface area contributed by atoms with Gasteiger partial charge in [0.05, 0.1) is 13.2 Å². The summed E-state index contributed by atoms with van der Waals surface area (Å²) in [6, 6.07) is 5.62. The summed E-state index contributed by atoms with van der Waals surface area (Å²) in [4.78, 5) is 95.8. The molecule has 0 aliphatic heterocycles. The van der Waals surface area contributed by atoms with E-state index in [-0.39, 0.29) is 37.4 Å². The van der Waals surface area contributed by atoms with Crippen LogP contribution in [0.3, 0.4) is 0 Å². The molecule has 42 heavy (non-hydrogen) atoms. The van der Waals surface area contributed by atoms with E-state index < -0.39 is 79.4 Å². The van der Waals surface area contributed by atoms with Crippen LogP contribution in [0.2, 0.25) is 0 Å². The average molecular weight is 601 g/mol. The Bertz CT molecular complexity index is 1150. The van der Waals surface area contributed by atoms with Gasteiger partial charge in [0.15, 0.2) is 32.5 Å². The number of ether oxygens (including phenoxy) is 7. The predicted octanol–water partition coefficient (Wildman–Crippen LogP) is -0.138. The van der Waals surface area contributed by atoms with Crippen LogP contribution < -0.4 is 4.74 Å². The van der Waals surface area contributed by atoms with Crippen molar-refractivity contribution in [3.8, 4) is 5.75 Å². The third-order valence-corrected chi connectivity index (χ3v) is 4.36. The van der Waals surface area contributed by atoms with Crippen LogP contribution in [0.25, 0.3) is 0 Å². The van der Waals surface area contributed by atoms with Gasteiger partial charge in [-0.05, 0) is 31.9 Å². The first-order valence-corrected chi connectivity index (χ1v) is 11.9. The van der Waals surface area contributed by atoms with Crippen molar-refractivity contribution < 1.29 is 76.6 Å². The third-order valence-electron chi connectivity index (χ3n) is 4.36. The normalized spacial score (nSPS) is 10.7. The minimum atomic E-state index is -1.47. The fourth-order valence-corrected chi connectivity index (χ4v) is 2.51. The van der Waals surface area contributed by atoms with Gasteiger partial charge in [0.1, 0.15) is 11.3 Å². The standard InChI is InChI=1S/C24H27NO17/c1-15(41-24(32)17-7-3-4-8-18(17)42-16(2)26)23(31)39-14-22(30)38-13-21(29)37-12-20(28)36-11-19(27)35-9-5-6-10-40-25(33)34/h3-4,7-8,15H,5-6,9-14H2,1-2H3. The molecule has 1 unspecified atom stereocenters. The number of hydrogen-bond acceptors (Lipinski definition) is 17. The van der Waals surface area contributed by atoms with Gasteiger partial charge in [-0.1, -0.05) is 12.1 Å². The lowest BCUT2D eigenvalue weighted by atomic mass is 10.2. The number of carbonyl (C=O) groups excluding carboxylic acids is 7. The second kappa shape index (κ2) is 18.9. The Balaban J connectivity index is 2.24. The highest BCUT2D eigenvalue weighted by atomic mass is 16.9. The molecule has 1 rings (SSSR count). The van der Waals surface area contributed by atoms with Crippen LogP contribution in [-0.2, 0) is 62.0 Å². The maximum absolute atomic E-state index is 12.3. The molecular formula is C24H27NO17. The van der Waals surface area contributed by atoms with E-state index in [0.29, 0.717) is 0 Å². The number of hydrogen-bond donors (Lipinski definition) is 0. The van der Waals surface area contributed by atoms with E-state index in [0.717, 1.165) is 13.8 Å². The van der Waals surface area contributed by atoms with E-state index in [2.05, 4.69) is 23.8 Å². The van der Waals surface area contributed by atoms with E-state index in [1.54, 1.807) is 0 Å². The number of rotatable bonds is 18. The van der Waals surface area contributed by atoms with Gasteiger partial charge in [0.25, 0.3) is 5.09 Å². The van der Waals surface area contributed by atoms with Gasteiger partial charge in [-0.15, -0.1) is 10.1 Å². The third kappa shape index (κ3) is 15.3. The molecular weight excluding hydrogens is 574 g/mol. The number of unbranched alkanes of at least 4 members (excludes halogenated alkanes) is 1. The summed E-state index contributed by atoms with van der Waals surface area (Å²) in [5.41, 5.74) is -0.135. The lowest BCUT2D eigenvalue weighted by Gasteiger charge is -2.14. The molecule has 230 valence electrons. The second-order valence-corrected chi connectivity index (χ2v) is 7.71. The summed E-state index contributed by atoms with van der Waals surface area (Å²) in [7, 11) is 0. The summed E-state index contributed by atoms with van der Waals surface area (Å²) >= 11 is 0. The van der Waals surface area contributed by atoms with Crippen molar-refractivity contribution in [3.05, 3.63) is 39.9 Å². The zero-order valence-electron chi connectivity index (χ0n) is 22.4. The quantitative estimate of drug-likeness (QED) is 0.0531. The van der Waals surface area contributed by atoms with Gasteiger partial charge in [-0.3, -0.25) is 4.79 Å². The van der Waals surface area contributed by atoms with Crippen molar-refractivity contribution in [2.75, 3.05) is 39.6 Å². The Labute approximate surface area is 237 Å². The average Bonchev–Trinajstić information content (AvgIpc) is 2.93. The molecule has 0 spiro atoms. The SMILES string of the molecule is CC(=O)Oc1ccccc1C(=O)OC(C)C(=O)OCC(=O)OCC(=O)OCC(=O)OCC(=O)OCCCCO[N+](=O)[O-]. The molecule has 0 amide bonds. The maximum Gasteiger partial charge on any atom is 0.347 e. The first-order valence-electron chi connectivity index (χ1n) is 11.9. The molecule has 1 aromatic rings. The maximum atomic E-state index is 12.3. The van der Waals surface area contributed by atoms with E-state index in [4.69, 9.17) is 14.2 Å². The Hall–Kier alpha value is -5.29. The Kier molecular flexibility index (Phi) is 15.6. The van der Waals surface area contributed by atoms with Gasteiger partial charge < -0.3 is 38.0 Å². The largest absolute Gasteiger partial charge is 0.463 e. The van der Waals surface area contributed by atoms with E-state index in [9.17, 15) is 43.7 Å². The number of para-hydroxylation sites is 1. The van der Waals surface area contributed by atoms with E-state index >= 15 is 0 Å². The first-order chi connectivity index (χ1) is 19.9. The molecule has 0 heterocycles. The number of esters is 7. The van der Waals surface area contributed by atoms with Crippen LogP contribution in [0.5, 0.6) is 5.75 Å². The molecule has 0 bridgehead atoms. The first kappa shape index (κ1) is 34.7. The predicted molar refractivity (Wildman–Crippen MR) is 130 cm³/mol. The minimum Gasteiger partial charge on any atom is -0.463 e. The molecule has 0 fully saturated rings. The summed E-state index contributed by atoms with van der Waals surface area (Å²) in [6.45, 7) is -1.58. The van der Waals surface area contributed by atoms with Crippen molar-refractivity contribution in [1.82, 2.24) is 0 Å². The summed E-state index contributed by atoms with van der Waals surface area (Å²) in [5, 5.41) is 9.01. The summed E-state index contributed by atoms with van der Waals surface area (Å²) < 4.78 is 32.8. The van der Waals surface area contributed by atoms with Gasteiger partial charge in [-0.25, -0.2) is 28.8 Å². The zero-order valence-corrected chi connectivity index (χ0v) is 22.4. The van der Waals surface area contributed by atoms with Gasteiger partial charge in [-0.2, -0.15) is 0 Å². The fraction of sp³-hybridized carbons (Fsp3) is 0.458. The summed E-state index contributed by atoms with van der Waals surface area (Å²) in [6.07, 6.45) is -0.954. The van der Waals surface area contributed by atoms with Crippen LogP contribution in [-0.4, -0.2) is 92.6 Å². The van der Waals surface area contributed by atoms with Crippen molar-refractivity contribution in [2.45, 2.75) is 32.8 Å². The van der Waals surface area contributed by atoms with Crippen molar-refractivity contribution in [2.24, 2.45) is 0 Å². The highest BCUT2D eigenvalue weighted by Gasteiger charge is 2.24. The smallest absolute Gasteiger partial charge is 0.347 e. The van der Waals surface area contributed by atoms with E-state index in [1.165, 1.54) is 24.3 Å². The van der Waals surface area contributed by atoms with Crippen molar-refractivity contribution in [3.63, 3.8) is 0 Å². The molecule has 0 aliphatic rings. The molecule has 0 N–H and O–H groups in total. The van der Waals surface area contributed by atoms with Crippen LogP contribution in [0.4, 0.5) is 0 Å². The molecule has 18 nitrogen and oxygen atoms in total. The van der Waals surface area contributed by atoms with Gasteiger partial charge >= 0.3 is 41.8 Å². The van der Waals surface area contributed by atoms with Crippen LogP contribution in [0.15, 0.2) is 24.3 Å². The number of carbonyl (C=O) groups is 7. The molecule has 0 aromatic heterocycles. The molecule has 1 aromatic carbocycles. The molecule has 0 radical (unpaired) electrons. The molecule has 18 heteroatoms. The Morgan fingerprint density at radius 2 is 1.26 bits per heavy atom. The number of nitrogens with zero attached hydrogens (tertiary/aromatic N) is 1. The van der Waals surface area contributed by atoms with Crippen molar-refractivity contribution >= 4 is 41.8 Å². The van der Waals surface area contributed by atoms with E-state index in [1.807, 2.05) is 0 Å². The molecule has 0 saturated carbocycles. The molecule has 1 atom stereocenters. The monoisotopic (exact) mass is 601 g/mol. The zero-order chi connectivity index (χ0) is 31.5. The summed E-state index contributed by atoms with van der Waals surface area (Å²) in [5.74, 6) is -7.27. The lowest BCUT2D eigenvalue weighted by Crippen LogP contribution is -2.29. The fourth-order valence-electron chi connectivity index (χ4n) is 2.51. The topological polar surface area (TPSA) is 236 Å². The Morgan fingerprint density at radius 1 is 0.762 bits per heavy atom. The van der Waals surface area contributed by atoms with Crippen LogP contribution in [0.1, 0.15) is 37.0 Å². The molecule has 0 saturated heterocycles. The highest BCUT2D eigenvalue weighted by molar-refractivity contribution is 5.95. The lowest BCUT2D eigenvalue weighted by molar-refractivity contribution is -0.757. The second-order valence-electron chi connectivity index (χ2n) is 7.71.